The van der Waals surface area contributed by atoms with Crippen molar-refractivity contribution in [2.45, 2.75) is 17.3 Å². The predicted molar refractivity (Wildman–Crippen MR) is 64.1 cm³/mol. The van der Waals surface area contributed by atoms with Crippen molar-refractivity contribution < 1.29 is 4.79 Å². The molecule has 0 N–H and O–H groups in total. The Morgan fingerprint density at radius 1 is 1.14 bits per heavy atom. The molecule has 4 heteroatoms. The van der Waals surface area contributed by atoms with Gasteiger partial charge in [0.25, 0.3) is 0 Å². The molecule has 0 bridgehead atoms. The third-order valence-corrected chi connectivity index (χ3v) is 5.88. The predicted octanol–water partition coefficient (Wildman–Crippen LogP) is 4.05. The standard InChI is InChI=1S/C10H12Cl2GeO/c1-13(2,3)10(14)9-7(11)5-4-6-8(9)12/h4-6H,1-3H3. The summed E-state index contributed by atoms with van der Waals surface area (Å²) in [7, 11) is 0. The van der Waals surface area contributed by atoms with E-state index >= 15 is 0 Å². The zero-order valence-electron chi connectivity index (χ0n) is 8.40. The first-order chi connectivity index (χ1) is 6.34. The van der Waals surface area contributed by atoms with Crippen molar-refractivity contribution in [3.05, 3.63) is 33.8 Å². The number of rotatable bonds is 2. The Labute approximate surface area is 96.8 Å². The minimum atomic E-state index is -2.36. The Kier molecular flexibility index (Phi) is 3.67. The second-order valence-electron chi connectivity index (χ2n) is 4.18. The fraction of sp³-hybridized carbons (Fsp3) is 0.300. The molecule has 1 rings (SSSR count). The van der Waals surface area contributed by atoms with Gasteiger partial charge in [-0.3, -0.25) is 0 Å². The summed E-state index contributed by atoms with van der Waals surface area (Å²) in [5.41, 5.74) is 0.503. The van der Waals surface area contributed by atoms with Crippen molar-refractivity contribution in [3.8, 4) is 0 Å². The van der Waals surface area contributed by atoms with Gasteiger partial charge in [0.15, 0.2) is 0 Å². The first kappa shape index (κ1) is 12.1. The van der Waals surface area contributed by atoms with E-state index in [1.807, 2.05) is 17.3 Å². The third kappa shape index (κ3) is 2.53. The van der Waals surface area contributed by atoms with Gasteiger partial charge in [0, 0.05) is 0 Å². The van der Waals surface area contributed by atoms with Crippen LogP contribution in [0.25, 0.3) is 0 Å². The maximum absolute atomic E-state index is 12.0. The summed E-state index contributed by atoms with van der Waals surface area (Å²) in [6, 6.07) is 5.15. The van der Waals surface area contributed by atoms with Gasteiger partial charge >= 0.3 is 97.0 Å². The molecule has 0 heterocycles. The van der Waals surface area contributed by atoms with Crippen molar-refractivity contribution in [2.75, 3.05) is 0 Å². The summed E-state index contributed by atoms with van der Waals surface area (Å²) < 4.78 is 0.153. The molecule has 0 aliphatic heterocycles. The van der Waals surface area contributed by atoms with E-state index in [1.54, 1.807) is 18.2 Å². The van der Waals surface area contributed by atoms with Gasteiger partial charge in [-0.05, 0) is 0 Å². The van der Waals surface area contributed by atoms with E-state index in [4.69, 9.17) is 23.2 Å². The molecule has 1 nitrogen and oxygen atoms in total. The van der Waals surface area contributed by atoms with E-state index in [1.165, 1.54) is 0 Å². The van der Waals surface area contributed by atoms with Crippen LogP contribution < -0.4 is 0 Å². The first-order valence-corrected chi connectivity index (χ1v) is 12.4. The van der Waals surface area contributed by atoms with Gasteiger partial charge in [-0.15, -0.1) is 0 Å². The summed E-state index contributed by atoms with van der Waals surface area (Å²) in [4.78, 5) is 12.0. The van der Waals surface area contributed by atoms with Gasteiger partial charge < -0.3 is 0 Å². The van der Waals surface area contributed by atoms with Gasteiger partial charge in [-0.25, -0.2) is 0 Å². The maximum atomic E-state index is 12.0. The van der Waals surface area contributed by atoms with Crippen molar-refractivity contribution in [1.82, 2.24) is 0 Å². The molecular formula is C10H12Cl2GeO. The topological polar surface area (TPSA) is 17.1 Å². The summed E-state index contributed by atoms with van der Waals surface area (Å²) in [5.74, 6) is 6.09. The molecule has 1 aromatic rings. The summed E-state index contributed by atoms with van der Waals surface area (Å²) >= 11 is 9.55. The van der Waals surface area contributed by atoms with Crippen LogP contribution in [-0.4, -0.2) is 17.9 Å². The van der Waals surface area contributed by atoms with Crippen LogP contribution in [-0.2, 0) is 0 Å². The van der Waals surface area contributed by atoms with Crippen molar-refractivity contribution in [1.29, 1.82) is 0 Å². The Morgan fingerprint density at radius 2 is 1.57 bits per heavy atom. The van der Waals surface area contributed by atoms with Gasteiger partial charge in [-0.1, -0.05) is 0 Å². The molecule has 0 spiro atoms. The van der Waals surface area contributed by atoms with Crippen LogP contribution in [0.1, 0.15) is 10.4 Å². The van der Waals surface area contributed by atoms with Crippen LogP contribution >= 0.6 is 23.2 Å². The van der Waals surface area contributed by atoms with E-state index in [0.717, 1.165) is 0 Å². The van der Waals surface area contributed by atoms with E-state index < -0.39 is 13.3 Å². The fourth-order valence-electron chi connectivity index (χ4n) is 1.09. The molecule has 0 saturated carbocycles. The molecule has 0 aliphatic rings. The van der Waals surface area contributed by atoms with E-state index in [-0.39, 0.29) is 4.62 Å². The number of hydrogen-bond donors (Lipinski definition) is 0. The molecule has 0 fully saturated rings. The molecular weight excluding hydrogens is 280 g/mol. The number of carbonyl (C=O) groups is 1. The minimum absolute atomic E-state index is 0.153. The zero-order valence-corrected chi connectivity index (χ0v) is 12.0. The fourth-order valence-corrected chi connectivity index (χ4v) is 4.13. The van der Waals surface area contributed by atoms with Gasteiger partial charge in [0.2, 0.25) is 0 Å². The Morgan fingerprint density at radius 3 is 1.93 bits per heavy atom. The SMILES string of the molecule is [CH3][Ge]([CH3])([CH3])[C](=O)c1c(Cl)cccc1Cl. The Hall–Kier alpha value is 0.0129. The average Bonchev–Trinajstić information content (AvgIpc) is 2.01. The van der Waals surface area contributed by atoms with E-state index in [9.17, 15) is 4.79 Å². The van der Waals surface area contributed by atoms with Crippen molar-refractivity contribution in [2.24, 2.45) is 0 Å². The molecule has 0 amide bonds. The van der Waals surface area contributed by atoms with Crippen LogP contribution in [0.5, 0.6) is 0 Å². The average molecular weight is 292 g/mol. The Balaban J connectivity index is 3.26. The molecule has 0 unspecified atom stereocenters. The quantitative estimate of drug-likeness (QED) is 0.751. The molecule has 76 valence electrons. The zero-order chi connectivity index (χ0) is 10.9. The number of hydrogen-bond acceptors (Lipinski definition) is 1. The Bertz CT molecular complexity index is 349. The number of benzene rings is 1. The van der Waals surface area contributed by atoms with Crippen molar-refractivity contribution >= 4 is 41.1 Å². The molecule has 0 radical (unpaired) electrons. The molecule has 0 aliphatic carbocycles. The van der Waals surface area contributed by atoms with Crippen LogP contribution in [0.2, 0.25) is 27.3 Å². The summed E-state index contributed by atoms with van der Waals surface area (Å²) in [6.45, 7) is 0. The van der Waals surface area contributed by atoms with Crippen LogP contribution in [0.3, 0.4) is 0 Å². The second kappa shape index (κ2) is 4.25. The van der Waals surface area contributed by atoms with E-state index in [0.29, 0.717) is 15.6 Å². The van der Waals surface area contributed by atoms with Crippen LogP contribution in [0, 0.1) is 0 Å². The third-order valence-electron chi connectivity index (χ3n) is 1.87. The summed E-state index contributed by atoms with van der Waals surface area (Å²) in [6.07, 6.45) is 0. The molecule has 0 aromatic heterocycles. The molecule has 1 aromatic carbocycles. The van der Waals surface area contributed by atoms with Crippen LogP contribution in [0.15, 0.2) is 18.2 Å². The first-order valence-electron chi connectivity index (χ1n) is 4.33. The molecule has 0 atom stereocenters. The van der Waals surface area contributed by atoms with E-state index in [2.05, 4.69) is 0 Å². The number of carbonyl (C=O) groups excluding carboxylic acids is 1. The van der Waals surface area contributed by atoms with Crippen LogP contribution in [0.4, 0.5) is 0 Å². The van der Waals surface area contributed by atoms with Gasteiger partial charge in [-0.2, -0.15) is 0 Å². The van der Waals surface area contributed by atoms with Gasteiger partial charge in [0.05, 0.1) is 0 Å². The second-order valence-corrected chi connectivity index (χ2v) is 15.4. The molecule has 14 heavy (non-hydrogen) atoms. The summed E-state index contributed by atoms with van der Waals surface area (Å²) in [5, 5.41) is 0.922. The monoisotopic (exact) mass is 292 g/mol. The number of halogens is 2. The van der Waals surface area contributed by atoms with Crippen molar-refractivity contribution in [3.63, 3.8) is 0 Å². The van der Waals surface area contributed by atoms with Gasteiger partial charge in [0.1, 0.15) is 0 Å². The molecule has 0 saturated heterocycles. The normalized spacial score (nSPS) is 11.5.